The second kappa shape index (κ2) is 29.4. The number of ketones is 1. The molecule has 4 aromatic rings. The van der Waals surface area contributed by atoms with Crippen LogP contribution in [0.5, 0.6) is 0 Å². The number of halogens is 2. The van der Waals surface area contributed by atoms with Gasteiger partial charge >= 0.3 is 12.1 Å². The first-order chi connectivity index (χ1) is 39.7. The summed E-state index contributed by atoms with van der Waals surface area (Å²) in [6, 6.07) is 19.0. The number of imide groups is 1. The second-order valence-electron chi connectivity index (χ2n) is 21.7. The molecule has 1 aromatic heterocycles. The number of nitrogens with zero attached hydrogens (tertiary/aromatic N) is 5. The van der Waals surface area contributed by atoms with Crippen LogP contribution in [0.3, 0.4) is 0 Å². The zero-order valence-electron chi connectivity index (χ0n) is 46.6. The molecule has 5 atom stereocenters. The van der Waals surface area contributed by atoms with Crippen molar-refractivity contribution in [3.05, 3.63) is 120 Å². The number of hydrogen-bond acceptors (Lipinski definition) is 13. The Morgan fingerprint density at radius 2 is 1.60 bits per heavy atom. The van der Waals surface area contributed by atoms with Crippen molar-refractivity contribution in [3.63, 3.8) is 0 Å². The van der Waals surface area contributed by atoms with Crippen molar-refractivity contribution >= 4 is 63.0 Å². The number of anilines is 1. The number of carbonyl (C=O) groups excluding carboxylic acids is 8. The lowest BCUT2D eigenvalue weighted by molar-refractivity contribution is -0.139. The normalized spacial score (nSPS) is 18.0. The maximum atomic E-state index is 16.3. The van der Waals surface area contributed by atoms with Gasteiger partial charge in [0.2, 0.25) is 17.7 Å². The molecule has 0 aliphatic carbocycles. The predicted molar refractivity (Wildman–Crippen MR) is 302 cm³/mol. The number of imidazole rings is 1. The minimum absolute atomic E-state index is 0.106. The average Bonchev–Trinajstić information content (AvgIpc) is 3.34. The average molecular weight is 1170 g/mol. The molecule has 0 saturated carbocycles. The van der Waals surface area contributed by atoms with Crippen molar-refractivity contribution in [2.75, 3.05) is 56.2 Å². The summed E-state index contributed by atoms with van der Waals surface area (Å²) >= 11 is 0. The Balaban J connectivity index is 0.973. The van der Waals surface area contributed by atoms with E-state index in [0.29, 0.717) is 54.0 Å². The van der Waals surface area contributed by atoms with E-state index in [4.69, 9.17) is 15.5 Å². The van der Waals surface area contributed by atoms with Gasteiger partial charge in [0.15, 0.2) is 5.78 Å². The number of hydrogen-bond donors (Lipinski definition) is 5. The second-order valence-corrected chi connectivity index (χ2v) is 24.0. The molecule has 2 saturated heterocycles. The number of aliphatic hydroxyl groups excluding tert-OH is 1. The lowest BCUT2D eigenvalue weighted by Crippen LogP contribution is -2.46. The Labute approximate surface area is 481 Å². The van der Waals surface area contributed by atoms with Gasteiger partial charge in [0.25, 0.3) is 11.8 Å². The van der Waals surface area contributed by atoms with Gasteiger partial charge in [-0.15, -0.1) is 0 Å². The maximum Gasteiger partial charge on any atom is 0.410 e. The topological polar surface area (TPSA) is 290 Å². The molecule has 0 bridgehead atoms. The summed E-state index contributed by atoms with van der Waals surface area (Å²) in [6.07, 6.45) is 3.86. The van der Waals surface area contributed by atoms with Crippen LogP contribution in [-0.4, -0.2) is 148 Å². The molecule has 6 N–H and O–H groups in total. The van der Waals surface area contributed by atoms with Crippen molar-refractivity contribution in [3.8, 4) is 11.3 Å². The molecule has 21 nitrogen and oxygen atoms in total. The van der Waals surface area contributed by atoms with Gasteiger partial charge in [-0.25, -0.2) is 31.8 Å². The smallest absolute Gasteiger partial charge is 0.410 e. The molecule has 0 radical (unpaired) electrons. The Hall–Kier alpha value is -7.86. The number of sulfone groups is 1. The van der Waals surface area contributed by atoms with E-state index in [0.717, 1.165) is 10.5 Å². The summed E-state index contributed by atoms with van der Waals surface area (Å²) in [5, 5.41) is 18.6. The molecule has 3 aliphatic heterocycles. The van der Waals surface area contributed by atoms with Gasteiger partial charge in [-0.1, -0.05) is 74.9 Å². The minimum Gasteiger partial charge on any atom is -0.445 e. The van der Waals surface area contributed by atoms with Crippen LogP contribution in [0.15, 0.2) is 97.2 Å². The van der Waals surface area contributed by atoms with Gasteiger partial charge in [0.1, 0.15) is 40.9 Å². The lowest BCUT2D eigenvalue weighted by Gasteiger charge is -2.39. The number of likely N-dealkylation sites (tertiary alicyclic amines) is 1. The monoisotopic (exact) mass is 1170 g/mol. The number of ether oxygens (including phenoxy) is 1. The van der Waals surface area contributed by atoms with Crippen LogP contribution in [0.1, 0.15) is 94.6 Å². The van der Waals surface area contributed by atoms with Crippen molar-refractivity contribution in [2.45, 2.75) is 103 Å². The summed E-state index contributed by atoms with van der Waals surface area (Å²) in [7, 11) is -3.39. The van der Waals surface area contributed by atoms with E-state index in [9.17, 15) is 56.3 Å². The summed E-state index contributed by atoms with van der Waals surface area (Å²) in [5.74, 6) is -5.87. The van der Waals surface area contributed by atoms with Crippen LogP contribution in [0.4, 0.5) is 24.1 Å². The first-order valence-electron chi connectivity index (χ1n) is 28.0. The van der Waals surface area contributed by atoms with E-state index in [-0.39, 0.29) is 119 Å². The SMILES string of the molecule is CC(C)[C@H](NC(=O)CCCCCN1C(=O)C=CC1=O)C(=O)C[C@@H](CCCNC(N)=O)C(=O)Nc1ccc(COC(=O)N2C[C@@H](CN(C(=O)CO)[C@H](c3nc(-c4cccc(F)c4)cn3Cc3ccccc3)C3CCS(=O)(=O)CC3)[C@@H](F)C2)cc1. The van der Waals surface area contributed by atoms with Crippen LogP contribution < -0.4 is 21.7 Å². The maximum absolute atomic E-state index is 16.3. The Morgan fingerprint density at radius 3 is 2.27 bits per heavy atom. The number of amides is 8. The third-order valence-electron chi connectivity index (χ3n) is 15.2. The number of nitrogens with two attached hydrogens (primary N) is 1. The highest BCUT2D eigenvalue weighted by atomic mass is 32.2. The Kier molecular flexibility index (Phi) is 22.2. The molecule has 4 heterocycles. The van der Waals surface area contributed by atoms with Crippen molar-refractivity contribution in [2.24, 2.45) is 29.4 Å². The van der Waals surface area contributed by atoms with E-state index in [1.165, 1.54) is 34.1 Å². The third kappa shape index (κ3) is 17.8. The van der Waals surface area contributed by atoms with Gasteiger partial charge in [0.05, 0.1) is 35.8 Å². The molecular formula is C59H73F2N9O12S. The first-order valence-corrected chi connectivity index (χ1v) is 29.8. The van der Waals surface area contributed by atoms with Crippen LogP contribution in [0, 0.1) is 29.5 Å². The van der Waals surface area contributed by atoms with Gasteiger partial charge < -0.3 is 45.9 Å². The highest BCUT2D eigenvalue weighted by Gasteiger charge is 2.44. The van der Waals surface area contributed by atoms with E-state index in [1.807, 2.05) is 34.9 Å². The highest BCUT2D eigenvalue weighted by molar-refractivity contribution is 7.91. The van der Waals surface area contributed by atoms with Crippen molar-refractivity contribution < 1.29 is 65.4 Å². The molecule has 24 heteroatoms. The summed E-state index contributed by atoms with van der Waals surface area (Å²) < 4.78 is 63.8. The molecule has 3 aromatic carbocycles. The standard InChI is InChI=1S/C59H73F2N9O12S/c1-38(2)54(66-50(73)16-7-4-8-26-69-51(74)21-22-52(69)75)49(72)30-43(14-10-25-63-58(62)78)57(77)64-46-19-17-40(18-20-46)37-82-59(79)68-32-44(47(61)34-68)33-70(53(76)36-71)55(41-23-27-83(80,81)28-24-41)56-65-48(42-13-9-15-45(60)29-42)35-67(56)31-39-11-5-3-6-12-39/h3,5-6,9,11-13,15,17-22,29,35,38,41,43-44,47,54-55,71H,4,7-8,10,14,16,23-28,30-34,36-37H2,1-2H3,(H,64,77)(H,66,73)(H3,62,63,78)/t43-,44+,47+,54+,55+/m1/s1. The number of carbonyl (C=O) groups is 8. The Bertz CT molecular complexity index is 3070. The number of rotatable bonds is 28. The van der Waals surface area contributed by atoms with Crippen LogP contribution in [0.2, 0.25) is 0 Å². The number of Topliss-reactive ketones (excluding diaryl/α,β-unsaturated/α-hetero) is 1. The number of aliphatic hydroxyl groups is 1. The molecule has 3 aliphatic rings. The van der Waals surface area contributed by atoms with E-state index in [2.05, 4.69) is 16.0 Å². The Morgan fingerprint density at radius 1 is 0.892 bits per heavy atom. The van der Waals surface area contributed by atoms with E-state index in [1.54, 1.807) is 56.4 Å². The van der Waals surface area contributed by atoms with Crippen molar-refractivity contribution in [1.82, 2.24) is 34.9 Å². The fourth-order valence-corrected chi connectivity index (χ4v) is 12.3. The summed E-state index contributed by atoms with van der Waals surface area (Å²) in [6.45, 7) is 2.19. The summed E-state index contributed by atoms with van der Waals surface area (Å²) in [5.41, 5.74) is 7.80. The number of unbranched alkanes of at least 4 members (excludes halogenated alkanes) is 2. The molecule has 8 amide bonds. The number of primary amides is 1. The number of aromatic nitrogens is 2. The van der Waals surface area contributed by atoms with Gasteiger partial charge in [-0.3, -0.25) is 33.7 Å². The van der Waals surface area contributed by atoms with Gasteiger partial charge in [0, 0.05) is 87.0 Å². The summed E-state index contributed by atoms with van der Waals surface area (Å²) in [4.78, 5) is 112. The number of urea groups is 1. The van der Waals surface area contributed by atoms with E-state index < -0.39 is 82.2 Å². The third-order valence-corrected chi connectivity index (χ3v) is 16.9. The largest absolute Gasteiger partial charge is 0.445 e. The number of alkyl halides is 1. The fraction of sp³-hybridized carbons (Fsp3) is 0.475. The van der Waals surface area contributed by atoms with Crippen LogP contribution >= 0.6 is 0 Å². The highest BCUT2D eigenvalue weighted by Crippen LogP contribution is 2.39. The number of benzene rings is 3. The zero-order valence-corrected chi connectivity index (χ0v) is 47.4. The van der Waals surface area contributed by atoms with Crippen LogP contribution in [0.25, 0.3) is 11.3 Å². The molecule has 7 rings (SSSR count). The minimum atomic E-state index is -3.39. The van der Waals surface area contributed by atoms with Gasteiger partial charge in [-0.05, 0) is 85.8 Å². The molecule has 83 heavy (non-hydrogen) atoms. The lowest BCUT2D eigenvalue weighted by atomic mass is 9.89. The van der Waals surface area contributed by atoms with E-state index >= 15 is 4.39 Å². The number of nitrogens with one attached hydrogen (secondary N) is 3. The molecule has 0 unspecified atom stereocenters. The zero-order chi connectivity index (χ0) is 59.8. The molecule has 446 valence electrons. The van der Waals surface area contributed by atoms with Crippen molar-refractivity contribution in [1.29, 1.82) is 0 Å². The molecule has 2 fully saturated rings. The first kappa shape index (κ1) is 62.7. The predicted octanol–water partition coefficient (Wildman–Crippen LogP) is 5.62. The molecule has 0 spiro atoms. The van der Waals surface area contributed by atoms with Crippen LogP contribution in [-0.2, 0) is 56.5 Å². The van der Waals surface area contributed by atoms with Gasteiger partial charge in [-0.2, -0.15) is 0 Å². The molecular weight excluding hydrogens is 1100 g/mol. The quantitative estimate of drug-likeness (QED) is 0.0341. The fourth-order valence-electron chi connectivity index (χ4n) is 10.7.